The van der Waals surface area contributed by atoms with Crippen LogP contribution in [0.5, 0.6) is 0 Å². The highest BCUT2D eigenvalue weighted by Gasteiger charge is 2.24. The predicted octanol–water partition coefficient (Wildman–Crippen LogP) is 16.1. The van der Waals surface area contributed by atoms with Crippen molar-refractivity contribution in [2.75, 3.05) is 0 Å². The van der Waals surface area contributed by atoms with E-state index in [0.717, 1.165) is 44.8 Å². The minimum absolute atomic E-state index is 0.127. The molecule has 11 aromatic carbocycles. The van der Waals surface area contributed by atoms with E-state index in [1.165, 1.54) is 60.5 Å². The zero-order chi connectivity index (χ0) is 49.2. The lowest BCUT2D eigenvalue weighted by atomic mass is 9.88. The molecule has 1 saturated heterocycles. The van der Waals surface area contributed by atoms with Crippen molar-refractivity contribution < 1.29 is 0 Å². The number of hydrogen-bond acceptors (Lipinski definition) is 5. The molecule has 3 N–H and O–H groups in total. The molecule has 0 radical (unpaired) electrons. The lowest BCUT2D eigenvalue weighted by molar-refractivity contribution is 0.316. The number of nitrogens with zero attached hydrogens (tertiary/aromatic N) is 3. The van der Waals surface area contributed by atoms with Gasteiger partial charge in [0.05, 0.1) is 6.17 Å². The van der Waals surface area contributed by atoms with E-state index in [9.17, 15) is 0 Å². The van der Waals surface area contributed by atoms with Crippen molar-refractivity contribution in [2.45, 2.75) is 24.7 Å². The number of fused-ring (bicyclic) bond motifs is 2. The number of benzene rings is 11. The second-order valence-corrected chi connectivity index (χ2v) is 19.0. The molecule has 0 aromatic heterocycles. The maximum atomic E-state index is 5.28. The second kappa shape index (κ2) is 19.9. The highest BCUT2D eigenvalue weighted by atomic mass is 15.4. The molecule has 0 bridgehead atoms. The largest absolute Gasteiger partial charge is 0.624 e. The summed E-state index contributed by atoms with van der Waals surface area (Å²) in [5.74, 6) is 1.51. The summed E-state index contributed by atoms with van der Waals surface area (Å²) in [5, 5.41) is 21.3. The highest BCUT2D eigenvalue weighted by Crippen LogP contribution is 2.42. The van der Waals surface area contributed by atoms with Crippen LogP contribution >= 0.6 is 0 Å². The summed E-state index contributed by atoms with van der Waals surface area (Å²) in [7, 11) is 0. The Morgan fingerprint density at radius 1 is 0.297 bits per heavy atom. The molecule has 0 saturated carbocycles. The van der Waals surface area contributed by atoms with Gasteiger partial charge in [0.2, 0.25) is 0 Å². The predicted molar refractivity (Wildman–Crippen MR) is 306 cm³/mol. The van der Waals surface area contributed by atoms with Gasteiger partial charge in [0.25, 0.3) is 0 Å². The molecule has 1 fully saturated rings. The van der Waals surface area contributed by atoms with E-state index < -0.39 is 0 Å². The molecule has 6 heteroatoms. The molecule has 0 spiro atoms. The Bertz CT molecular complexity index is 3820. The number of nitrogens with one attached hydrogen (secondary N) is 3. The molecular formula is C68H51N6-. The van der Waals surface area contributed by atoms with Crippen molar-refractivity contribution in [1.29, 1.82) is 0 Å². The standard InChI is InChI=1S/C68H51N6/c1-5-17-45(18-6-1)46-29-35-52(36-30-46)66-72-65(51-23-11-4-12-24-51)73-68(74-66)54-39-33-48(34-40-54)56-42-44-62(60-28-16-14-26-58(56)60)61-43-41-55(57-25-13-15-27-59(57)61)47-31-37-53(38-32-47)67-70-63(49-19-7-2-8-20-49)69-64(71-67)50-21-9-3-10-22-50/h1-44,63,65-66,68,73-74H,(H,69,70,71)/q-1. The molecule has 2 heterocycles. The molecule has 354 valence electrons. The molecule has 2 aliphatic rings. The van der Waals surface area contributed by atoms with Gasteiger partial charge in [0, 0.05) is 11.1 Å². The quantitative estimate of drug-likeness (QED) is 0.128. The summed E-state index contributed by atoms with van der Waals surface area (Å²) in [4.78, 5) is 10.2. The van der Waals surface area contributed by atoms with Crippen LogP contribution < -0.4 is 16.0 Å². The van der Waals surface area contributed by atoms with E-state index in [-0.39, 0.29) is 24.7 Å². The average Bonchev–Trinajstić information content (AvgIpc) is 3.49. The van der Waals surface area contributed by atoms with E-state index >= 15 is 0 Å². The fraction of sp³-hybridized carbons (Fsp3) is 0.0588. The molecule has 6 nitrogen and oxygen atoms in total. The Morgan fingerprint density at radius 2 is 0.676 bits per heavy atom. The number of hydrogen-bond donors (Lipinski definition) is 3. The first-order chi connectivity index (χ1) is 36.7. The minimum atomic E-state index is -0.252. The first-order valence-corrected chi connectivity index (χ1v) is 25.4. The average molecular weight is 952 g/mol. The molecular weight excluding hydrogens is 901 g/mol. The number of rotatable bonds is 10. The van der Waals surface area contributed by atoms with Crippen molar-refractivity contribution in [3.8, 4) is 44.5 Å². The Kier molecular flexibility index (Phi) is 12.0. The van der Waals surface area contributed by atoms with Crippen LogP contribution in [0.1, 0.15) is 58.0 Å². The molecule has 0 amide bonds. The Labute approximate surface area is 431 Å². The third-order valence-electron chi connectivity index (χ3n) is 14.4. The van der Waals surface area contributed by atoms with Gasteiger partial charge in [0.15, 0.2) is 5.84 Å². The molecule has 11 aromatic rings. The Balaban J connectivity index is 0.791. The van der Waals surface area contributed by atoms with Crippen molar-refractivity contribution in [3.63, 3.8) is 0 Å². The number of amidine groups is 2. The van der Waals surface area contributed by atoms with Crippen molar-refractivity contribution in [3.05, 3.63) is 306 Å². The number of aliphatic imine (C=N–C) groups is 2. The topological polar surface area (TPSA) is 74.9 Å². The van der Waals surface area contributed by atoms with Crippen LogP contribution in [0.15, 0.2) is 277 Å². The van der Waals surface area contributed by atoms with Crippen LogP contribution in [0.4, 0.5) is 0 Å². The maximum absolute atomic E-state index is 5.28. The van der Waals surface area contributed by atoms with Crippen LogP contribution in [0, 0.1) is 0 Å². The summed E-state index contributed by atoms with van der Waals surface area (Å²) in [5.41, 5.74) is 16.0. The van der Waals surface area contributed by atoms with E-state index in [0.29, 0.717) is 5.84 Å². The third kappa shape index (κ3) is 8.88. The minimum Gasteiger partial charge on any atom is -0.624 e. The van der Waals surface area contributed by atoms with E-state index in [1.807, 2.05) is 24.3 Å². The van der Waals surface area contributed by atoms with Gasteiger partial charge >= 0.3 is 0 Å². The van der Waals surface area contributed by atoms with Gasteiger partial charge in [-0.15, -0.1) is 0 Å². The van der Waals surface area contributed by atoms with E-state index in [4.69, 9.17) is 15.3 Å². The summed E-state index contributed by atoms with van der Waals surface area (Å²) >= 11 is 0. The highest BCUT2D eigenvalue weighted by molar-refractivity contribution is 6.14. The van der Waals surface area contributed by atoms with Gasteiger partial charge in [-0.1, -0.05) is 290 Å². The van der Waals surface area contributed by atoms with Crippen molar-refractivity contribution in [2.24, 2.45) is 9.98 Å². The SMILES string of the molecule is c1ccc(C2=NC(c3ccc(-c4ccc(-c5ccc(-c6ccc(C7NC(c8ccccc8)[N-]C(c8ccc(-c9ccccc9)cc8)N7)cc6)c6ccccc56)c5ccccc45)cc3)=NC(c3ccccc3)N2)cc1. The van der Waals surface area contributed by atoms with E-state index in [1.54, 1.807) is 0 Å². The zero-order valence-electron chi connectivity index (χ0n) is 40.6. The van der Waals surface area contributed by atoms with Gasteiger partial charge in [-0.3, -0.25) is 0 Å². The smallest absolute Gasteiger partial charge is 0.159 e. The molecule has 74 heavy (non-hydrogen) atoms. The van der Waals surface area contributed by atoms with Gasteiger partial charge in [-0.25, -0.2) is 9.98 Å². The van der Waals surface area contributed by atoms with Crippen molar-refractivity contribution >= 4 is 33.2 Å². The first kappa shape index (κ1) is 44.9. The lowest BCUT2D eigenvalue weighted by Gasteiger charge is -2.50. The molecule has 0 aliphatic carbocycles. The molecule has 4 atom stereocenters. The van der Waals surface area contributed by atoms with Crippen LogP contribution in [0.25, 0.3) is 71.4 Å². The fourth-order valence-corrected chi connectivity index (χ4v) is 10.6. The summed E-state index contributed by atoms with van der Waals surface area (Å²) in [6, 6.07) is 94.9. The Hall–Kier alpha value is -9.04. The molecule has 2 aliphatic heterocycles. The lowest BCUT2D eigenvalue weighted by Crippen LogP contribution is -2.44. The van der Waals surface area contributed by atoms with Gasteiger partial charge in [-0.05, 0) is 77.2 Å². The second-order valence-electron chi connectivity index (χ2n) is 19.0. The van der Waals surface area contributed by atoms with Crippen LogP contribution in [-0.2, 0) is 0 Å². The fourth-order valence-electron chi connectivity index (χ4n) is 10.6. The first-order valence-electron chi connectivity index (χ1n) is 25.4. The zero-order valence-corrected chi connectivity index (χ0v) is 40.6. The van der Waals surface area contributed by atoms with Gasteiger partial charge < -0.3 is 21.3 Å². The van der Waals surface area contributed by atoms with Gasteiger partial charge in [-0.2, -0.15) is 0 Å². The molecule has 4 unspecified atom stereocenters. The van der Waals surface area contributed by atoms with E-state index in [2.05, 4.69) is 259 Å². The van der Waals surface area contributed by atoms with Gasteiger partial charge in [0.1, 0.15) is 12.0 Å². The van der Waals surface area contributed by atoms with Crippen LogP contribution in [0.2, 0.25) is 0 Å². The summed E-state index contributed by atoms with van der Waals surface area (Å²) < 4.78 is 0. The molecule has 13 rings (SSSR count). The Morgan fingerprint density at radius 3 is 1.22 bits per heavy atom. The third-order valence-corrected chi connectivity index (χ3v) is 14.4. The monoisotopic (exact) mass is 951 g/mol. The van der Waals surface area contributed by atoms with Crippen LogP contribution in [0.3, 0.4) is 0 Å². The van der Waals surface area contributed by atoms with Crippen molar-refractivity contribution in [1.82, 2.24) is 16.0 Å². The summed E-state index contributed by atoms with van der Waals surface area (Å²) in [6.45, 7) is 0. The normalized spacial score (nSPS) is 17.6. The maximum Gasteiger partial charge on any atom is 0.159 e. The summed E-state index contributed by atoms with van der Waals surface area (Å²) in [6.07, 6.45) is -0.757. The van der Waals surface area contributed by atoms with Crippen LogP contribution in [-0.4, -0.2) is 11.7 Å².